The molecule has 2 aliphatic rings. The van der Waals surface area contributed by atoms with Crippen molar-refractivity contribution in [3.8, 4) is 0 Å². The van der Waals surface area contributed by atoms with E-state index in [1.807, 2.05) is 36.5 Å². The van der Waals surface area contributed by atoms with Gasteiger partial charge in [-0.25, -0.2) is 8.70 Å². The zero-order chi connectivity index (χ0) is 21.9. The first-order chi connectivity index (χ1) is 15.7. The molecule has 0 radical (unpaired) electrons. The summed E-state index contributed by atoms with van der Waals surface area (Å²) in [6, 6.07) is 19.4. The van der Waals surface area contributed by atoms with Crippen LogP contribution in [0.5, 0.6) is 0 Å². The lowest BCUT2D eigenvalue weighted by Gasteiger charge is -2.37. The Labute approximate surface area is 194 Å². The third-order valence-corrected chi connectivity index (χ3v) is 8.39. The van der Waals surface area contributed by atoms with Crippen LogP contribution in [0.3, 0.4) is 0 Å². The van der Waals surface area contributed by atoms with Crippen LogP contribution in [0.15, 0.2) is 67.0 Å². The minimum atomic E-state index is -0.0914. The summed E-state index contributed by atoms with van der Waals surface area (Å²) in [6.45, 7) is 4.76. The van der Waals surface area contributed by atoms with Gasteiger partial charge in [0.05, 0.1) is 6.04 Å². The van der Waals surface area contributed by atoms with Crippen LogP contribution in [-0.2, 0) is 6.54 Å². The molecular formula is C26H31FN4S. The summed E-state index contributed by atoms with van der Waals surface area (Å²) in [5, 5.41) is 4.83. The molecule has 2 saturated heterocycles. The van der Waals surface area contributed by atoms with Crippen LogP contribution in [0.2, 0.25) is 0 Å². The van der Waals surface area contributed by atoms with Crippen molar-refractivity contribution in [3.05, 3.63) is 83.9 Å². The maximum absolute atomic E-state index is 15.1. The summed E-state index contributed by atoms with van der Waals surface area (Å²) in [7, 11) is 0. The minimum absolute atomic E-state index is 0.0914. The van der Waals surface area contributed by atoms with E-state index in [2.05, 4.69) is 62.3 Å². The van der Waals surface area contributed by atoms with Crippen molar-refractivity contribution in [1.82, 2.24) is 14.1 Å². The Morgan fingerprint density at radius 1 is 1.00 bits per heavy atom. The summed E-state index contributed by atoms with van der Waals surface area (Å²) >= 11 is 1.88. The second kappa shape index (κ2) is 9.67. The molecule has 0 saturated carbocycles. The van der Waals surface area contributed by atoms with E-state index >= 15 is 4.39 Å². The van der Waals surface area contributed by atoms with E-state index in [-0.39, 0.29) is 5.82 Å². The SMILES string of the molecule is C[C@H]1CCC(c2ccccc2)SN1Cc1ccc(N2CCC(n3cccn3)CC2)cc1F. The van der Waals surface area contributed by atoms with E-state index in [1.165, 1.54) is 12.0 Å². The van der Waals surface area contributed by atoms with Gasteiger partial charge in [0.15, 0.2) is 0 Å². The van der Waals surface area contributed by atoms with Crippen LogP contribution in [0, 0.1) is 5.82 Å². The molecule has 0 N–H and O–H groups in total. The first-order valence-corrected chi connectivity index (χ1v) is 12.5. The number of anilines is 1. The highest BCUT2D eigenvalue weighted by Gasteiger charge is 2.28. The quantitative estimate of drug-likeness (QED) is 0.430. The average Bonchev–Trinajstić information content (AvgIpc) is 3.37. The lowest BCUT2D eigenvalue weighted by Crippen LogP contribution is -2.35. The standard InChI is InChI=1S/C26H31FN4S/c1-20-8-11-26(21-6-3-2-4-7-21)32-31(20)19-22-9-10-24(18-25(22)27)29-16-12-23(13-17-29)30-15-5-14-28-30/h2-7,9-10,14-15,18,20,23,26H,8,11-13,16-17,19H2,1H3/t20-,26?/m0/s1. The maximum Gasteiger partial charge on any atom is 0.129 e. The molecule has 2 aromatic carbocycles. The third-order valence-electron chi connectivity index (χ3n) is 6.86. The fraction of sp³-hybridized carbons (Fsp3) is 0.423. The van der Waals surface area contributed by atoms with Gasteiger partial charge in [-0.2, -0.15) is 5.10 Å². The van der Waals surface area contributed by atoms with Gasteiger partial charge in [-0.3, -0.25) is 4.68 Å². The highest BCUT2D eigenvalue weighted by Crippen LogP contribution is 2.43. The molecule has 5 rings (SSSR count). The molecule has 0 spiro atoms. The molecule has 0 aliphatic carbocycles. The van der Waals surface area contributed by atoms with Crippen molar-refractivity contribution in [1.29, 1.82) is 0 Å². The van der Waals surface area contributed by atoms with Crippen molar-refractivity contribution >= 4 is 17.6 Å². The van der Waals surface area contributed by atoms with Crippen LogP contribution in [0.4, 0.5) is 10.1 Å². The summed E-state index contributed by atoms with van der Waals surface area (Å²) in [5.41, 5.74) is 3.14. The topological polar surface area (TPSA) is 24.3 Å². The zero-order valence-electron chi connectivity index (χ0n) is 18.6. The number of rotatable bonds is 5. The molecule has 4 nitrogen and oxygen atoms in total. The summed E-state index contributed by atoms with van der Waals surface area (Å²) in [6.07, 6.45) is 8.25. The van der Waals surface area contributed by atoms with Gasteiger partial charge < -0.3 is 4.90 Å². The summed E-state index contributed by atoms with van der Waals surface area (Å²) < 4.78 is 19.6. The Morgan fingerprint density at radius 3 is 2.53 bits per heavy atom. The number of halogens is 1. The zero-order valence-corrected chi connectivity index (χ0v) is 19.4. The highest BCUT2D eigenvalue weighted by molar-refractivity contribution is 7.97. The number of benzene rings is 2. The van der Waals surface area contributed by atoms with Crippen molar-refractivity contribution < 1.29 is 4.39 Å². The third kappa shape index (κ3) is 4.71. The Balaban J connectivity index is 1.22. The molecule has 2 atom stereocenters. The van der Waals surface area contributed by atoms with Gasteiger partial charge in [-0.1, -0.05) is 48.3 Å². The number of hydrogen-bond acceptors (Lipinski definition) is 4. The molecule has 6 heteroatoms. The van der Waals surface area contributed by atoms with Gasteiger partial charge in [0.2, 0.25) is 0 Å². The van der Waals surface area contributed by atoms with Crippen molar-refractivity contribution in [3.63, 3.8) is 0 Å². The molecule has 168 valence electrons. The number of piperidine rings is 1. The Kier molecular flexibility index (Phi) is 6.51. The van der Waals surface area contributed by atoms with E-state index in [1.54, 1.807) is 6.07 Å². The first kappa shape index (κ1) is 21.5. The minimum Gasteiger partial charge on any atom is -0.371 e. The maximum atomic E-state index is 15.1. The van der Waals surface area contributed by atoms with Gasteiger partial charge in [-0.15, -0.1) is 0 Å². The van der Waals surface area contributed by atoms with Crippen molar-refractivity contribution in [2.45, 2.75) is 56.5 Å². The Bertz CT molecular complexity index is 1000. The normalized spacial score (nSPS) is 22.9. The van der Waals surface area contributed by atoms with Crippen LogP contribution in [0.1, 0.15) is 55.0 Å². The fourth-order valence-corrected chi connectivity index (χ4v) is 6.23. The van der Waals surface area contributed by atoms with Crippen LogP contribution in [0.25, 0.3) is 0 Å². The lowest BCUT2D eigenvalue weighted by atomic mass is 10.0. The van der Waals surface area contributed by atoms with Gasteiger partial charge in [0, 0.05) is 54.6 Å². The molecule has 2 aliphatic heterocycles. The Morgan fingerprint density at radius 2 is 1.81 bits per heavy atom. The van der Waals surface area contributed by atoms with E-state index in [9.17, 15) is 0 Å². The van der Waals surface area contributed by atoms with Crippen LogP contribution in [-0.4, -0.2) is 33.2 Å². The van der Waals surface area contributed by atoms with Crippen molar-refractivity contribution in [2.24, 2.45) is 0 Å². The number of hydrogen-bond donors (Lipinski definition) is 0. The molecular weight excluding hydrogens is 419 g/mol. The average molecular weight is 451 g/mol. The molecule has 1 aromatic heterocycles. The molecule has 32 heavy (non-hydrogen) atoms. The van der Waals surface area contributed by atoms with Crippen LogP contribution >= 0.6 is 11.9 Å². The van der Waals surface area contributed by atoms with Crippen LogP contribution < -0.4 is 4.90 Å². The fourth-order valence-electron chi connectivity index (χ4n) is 4.86. The van der Waals surface area contributed by atoms with E-state index in [0.29, 0.717) is 23.9 Å². The number of aromatic nitrogens is 2. The number of nitrogens with zero attached hydrogens (tertiary/aromatic N) is 4. The van der Waals surface area contributed by atoms with Crippen molar-refractivity contribution in [2.75, 3.05) is 18.0 Å². The van der Waals surface area contributed by atoms with Gasteiger partial charge in [0.1, 0.15) is 5.82 Å². The van der Waals surface area contributed by atoms with E-state index in [4.69, 9.17) is 0 Å². The van der Waals surface area contributed by atoms with Gasteiger partial charge in [0.25, 0.3) is 0 Å². The second-order valence-electron chi connectivity index (χ2n) is 8.99. The summed E-state index contributed by atoms with van der Waals surface area (Å²) in [4.78, 5) is 2.30. The molecule has 2 fully saturated rings. The Hall–Kier alpha value is -2.31. The van der Waals surface area contributed by atoms with E-state index < -0.39 is 0 Å². The molecule has 0 bridgehead atoms. The molecule has 0 amide bonds. The molecule has 3 heterocycles. The van der Waals surface area contributed by atoms with E-state index in [0.717, 1.165) is 43.6 Å². The predicted molar refractivity (Wildman–Crippen MR) is 130 cm³/mol. The summed E-state index contributed by atoms with van der Waals surface area (Å²) in [5.74, 6) is -0.0914. The smallest absolute Gasteiger partial charge is 0.129 e. The van der Waals surface area contributed by atoms with Gasteiger partial charge >= 0.3 is 0 Å². The lowest BCUT2D eigenvalue weighted by molar-refractivity contribution is 0.317. The first-order valence-electron chi connectivity index (χ1n) is 11.7. The molecule has 3 aromatic rings. The second-order valence-corrected chi connectivity index (χ2v) is 10.2. The largest absolute Gasteiger partial charge is 0.371 e. The monoisotopic (exact) mass is 450 g/mol. The molecule has 1 unspecified atom stereocenters. The highest BCUT2D eigenvalue weighted by atomic mass is 32.2. The van der Waals surface area contributed by atoms with Gasteiger partial charge in [-0.05, 0) is 56.4 Å². The predicted octanol–water partition coefficient (Wildman–Crippen LogP) is 6.24.